The van der Waals surface area contributed by atoms with Gasteiger partial charge in [0.15, 0.2) is 0 Å². The molecule has 11 heteroatoms. The zero-order valence-corrected chi connectivity index (χ0v) is 32.5. The summed E-state index contributed by atoms with van der Waals surface area (Å²) in [6, 6.07) is 22.7. The van der Waals surface area contributed by atoms with Crippen molar-refractivity contribution in [1.82, 2.24) is 30.8 Å². The van der Waals surface area contributed by atoms with Gasteiger partial charge in [0.2, 0.25) is 11.8 Å². The number of para-hydroxylation sites is 1. The third-order valence-corrected chi connectivity index (χ3v) is 10.8. The third-order valence-electron chi connectivity index (χ3n) is 9.42. The molecule has 1 aliphatic heterocycles. The monoisotopic (exact) mass is 738 g/mol. The number of rotatable bonds is 13. The van der Waals surface area contributed by atoms with Crippen LogP contribution in [-0.4, -0.2) is 85.8 Å². The first-order chi connectivity index (χ1) is 25.2. The molecule has 4 aromatic rings. The van der Waals surface area contributed by atoms with E-state index in [0.717, 1.165) is 28.7 Å². The molecule has 3 heterocycles. The van der Waals surface area contributed by atoms with Crippen LogP contribution < -0.4 is 16.0 Å². The fourth-order valence-electron chi connectivity index (χ4n) is 6.63. The number of carbonyl (C=O) groups excluding carboxylic acids is 3. The number of aliphatic hydroxyl groups excluding tert-OH is 1. The fraction of sp³-hybridized carbons (Fsp3) is 0.452. The minimum Gasteiger partial charge on any atom is -0.390 e. The molecule has 5 atom stereocenters. The number of hydrogen-bond donors (Lipinski definition) is 4. The van der Waals surface area contributed by atoms with Gasteiger partial charge >= 0.3 is 0 Å². The number of piperidine rings is 1. The number of hydrogen-bond acceptors (Lipinski definition) is 8. The zero-order valence-electron chi connectivity index (χ0n) is 31.7. The average molecular weight is 739 g/mol. The predicted molar refractivity (Wildman–Crippen MR) is 212 cm³/mol. The Morgan fingerprint density at radius 2 is 1.62 bits per heavy atom. The van der Waals surface area contributed by atoms with Crippen LogP contribution in [0.2, 0.25) is 0 Å². The van der Waals surface area contributed by atoms with Crippen molar-refractivity contribution < 1.29 is 19.5 Å². The number of nitrogens with one attached hydrogen (secondary N) is 3. The summed E-state index contributed by atoms with van der Waals surface area (Å²) >= 11 is 1.83. The summed E-state index contributed by atoms with van der Waals surface area (Å²) in [6.45, 7) is 12.4. The van der Waals surface area contributed by atoms with Gasteiger partial charge in [-0.05, 0) is 74.8 Å². The first-order valence-electron chi connectivity index (χ1n) is 18.4. The van der Waals surface area contributed by atoms with Crippen LogP contribution in [0, 0.1) is 5.41 Å². The molecule has 3 amide bonds. The summed E-state index contributed by atoms with van der Waals surface area (Å²) in [5.74, 6) is -0.123. The van der Waals surface area contributed by atoms with Crippen LogP contribution in [0.15, 0.2) is 91.3 Å². The third kappa shape index (κ3) is 11.6. The standard InChI is InChI=1S/C42H54N6O4S/c1-41(2,3)37(46-38(50)33-19-18-30-16-10-11-17-32(30)44-33)40(52)45-34(23-28-13-8-7-9-14-28)36(49)26-48-22-20-31(53-27-29-15-12-21-43-25-29)24-35(48)39(51)47-42(4,5)6/h7-19,21,25,31,34-37,49H,20,22-24,26-27H2,1-6H3,(H,45,52)(H,46,50)(H,47,51)/t31-,34?,35?,36?,37?/m1/s1. The van der Waals surface area contributed by atoms with Crippen molar-refractivity contribution in [2.24, 2.45) is 5.41 Å². The minimum absolute atomic E-state index is 0.0715. The van der Waals surface area contributed by atoms with E-state index < -0.39 is 47.0 Å². The van der Waals surface area contributed by atoms with Gasteiger partial charge in [-0.3, -0.25) is 24.3 Å². The molecule has 1 saturated heterocycles. The molecule has 0 spiro atoms. The van der Waals surface area contributed by atoms with Crippen molar-refractivity contribution in [3.63, 3.8) is 0 Å². The highest BCUT2D eigenvalue weighted by atomic mass is 32.2. The van der Waals surface area contributed by atoms with Crippen molar-refractivity contribution in [2.75, 3.05) is 13.1 Å². The summed E-state index contributed by atoms with van der Waals surface area (Å²) < 4.78 is 0. The van der Waals surface area contributed by atoms with Crippen molar-refractivity contribution >= 4 is 40.4 Å². The summed E-state index contributed by atoms with van der Waals surface area (Å²) in [5.41, 5.74) is 1.91. The lowest BCUT2D eigenvalue weighted by Gasteiger charge is -2.41. The molecule has 1 fully saturated rings. The van der Waals surface area contributed by atoms with Gasteiger partial charge in [0, 0.05) is 47.4 Å². The van der Waals surface area contributed by atoms with E-state index in [-0.39, 0.29) is 23.4 Å². The van der Waals surface area contributed by atoms with E-state index in [1.54, 1.807) is 12.3 Å². The average Bonchev–Trinajstić information content (AvgIpc) is 3.12. The van der Waals surface area contributed by atoms with Gasteiger partial charge in [-0.15, -0.1) is 0 Å². The molecule has 0 bridgehead atoms. The molecule has 4 unspecified atom stereocenters. The molecule has 0 saturated carbocycles. The first-order valence-corrected chi connectivity index (χ1v) is 19.5. The van der Waals surface area contributed by atoms with Crippen molar-refractivity contribution in [1.29, 1.82) is 0 Å². The van der Waals surface area contributed by atoms with E-state index >= 15 is 0 Å². The highest BCUT2D eigenvalue weighted by Gasteiger charge is 2.39. The smallest absolute Gasteiger partial charge is 0.270 e. The van der Waals surface area contributed by atoms with E-state index in [0.29, 0.717) is 24.9 Å². The van der Waals surface area contributed by atoms with Crippen LogP contribution in [0.4, 0.5) is 0 Å². The Bertz CT molecular complexity index is 1830. The van der Waals surface area contributed by atoms with Crippen LogP contribution in [0.3, 0.4) is 0 Å². The number of pyridine rings is 2. The number of fused-ring (bicyclic) bond motifs is 1. The molecule has 282 valence electrons. The number of aromatic nitrogens is 2. The molecule has 5 rings (SSSR count). The molecule has 2 aromatic heterocycles. The van der Waals surface area contributed by atoms with E-state index in [9.17, 15) is 19.5 Å². The van der Waals surface area contributed by atoms with Crippen molar-refractivity contribution in [3.8, 4) is 0 Å². The Morgan fingerprint density at radius 3 is 2.32 bits per heavy atom. The topological polar surface area (TPSA) is 137 Å². The molecular formula is C42H54N6O4S. The maximum absolute atomic E-state index is 14.2. The van der Waals surface area contributed by atoms with Gasteiger partial charge in [0.25, 0.3) is 5.91 Å². The fourth-order valence-corrected chi connectivity index (χ4v) is 7.82. The summed E-state index contributed by atoms with van der Waals surface area (Å²) in [7, 11) is 0. The second-order valence-electron chi connectivity index (χ2n) is 16.1. The lowest BCUT2D eigenvalue weighted by molar-refractivity contribution is -0.131. The second kappa shape index (κ2) is 17.7. The second-order valence-corrected chi connectivity index (χ2v) is 17.4. The Morgan fingerprint density at radius 1 is 0.906 bits per heavy atom. The van der Waals surface area contributed by atoms with Gasteiger partial charge in [0.05, 0.1) is 23.7 Å². The number of amides is 3. The van der Waals surface area contributed by atoms with Crippen LogP contribution in [0.5, 0.6) is 0 Å². The van der Waals surface area contributed by atoms with Gasteiger partial charge in [-0.25, -0.2) is 4.98 Å². The van der Waals surface area contributed by atoms with Crippen LogP contribution in [0.25, 0.3) is 10.9 Å². The molecule has 1 aliphatic rings. The Labute approximate surface area is 318 Å². The Hall–Kier alpha value is -4.32. The molecule has 4 N–H and O–H groups in total. The molecular weight excluding hydrogens is 685 g/mol. The lowest BCUT2D eigenvalue weighted by atomic mass is 9.85. The Kier molecular flexibility index (Phi) is 13.3. The van der Waals surface area contributed by atoms with E-state index in [1.165, 1.54) is 0 Å². The maximum Gasteiger partial charge on any atom is 0.270 e. The van der Waals surface area contributed by atoms with Crippen LogP contribution in [0.1, 0.15) is 76.0 Å². The normalized spacial score (nSPS) is 18.5. The van der Waals surface area contributed by atoms with Gasteiger partial charge in [0.1, 0.15) is 11.7 Å². The predicted octanol–water partition coefficient (Wildman–Crippen LogP) is 5.54. The van der Waals surface area contributed by atoms with Crippen molar-refractivity contribution in [2.45, 2.75) is 102 Å². The Balaban J connectivity index is 1.33. The van der Waals surface area contributed by atoms with Crippen LogP contribution >= 0.6 is 11.8 Å². The number of nitrogens with zero attached hydrogens (tertiary/aromatic N) is 3. The molecule has 2 aromatic carbocycles. The number of β-amino-alcohol motifs (C(OH)–C–C–N with tert-alkyl or cyclic N) is 1. The van der Waals surface area contributed by atoms with Crippen molar-refractivity contribution in [3.05, 3.63) is 108 Å². The quantitative estimate of drug-likeness (QED) is 0.140. The zero-order chi connectivity index (χ0) is 38.2. The number of aliphatic hydroxyl groups is 1. The summed E-state index contributed by atoms with van der Waals surface area (Å²) in [5, 5.41) is 22.4. The van der Waals surface area contributed by atoms with Gasteiger partial charge in [-0.1, -0.05) is 81.4 Å². The van der Waals surface area contributed by atoms with Gasteiger partial charge in [-0.2, -0.15) is 11.8 Å². The largest absolute Gasteiger partial charge is 0.390 e. The molecule has 0 aliphatic carbocycles. The number of thioether (sulfide) groups is 1. The highest BCUT2D eigenvalue weighted by molar-refractivity contribution is 7.99. The molecule has 0 radical (unpaired) electrons. The number of likely N-dealkylation sites (tertiary alicyclic amines) is 1. The van der Waals surface area contributed by atoms with Crippen LogP contribution in [-0.2, 0) is 21.8 Å². The maximum atomic E-state index is 14.2. The highest BCUT2D eigenvalue weighted by Crippen LogP contribution is 2.31. The minimum atomic E-state index is -1.01. The first kappa shape index (κ1) is 39.9. The van der Waals surface area contributed by atoms with Gasteiger partial charge < -0.3 is 21.1 Å². The molecule has 10 nitrogen and oxygen atoms in total. The number of carbonyl (C=O) groups is 3. The number of benzene rings is 2. The lowest BCUT2D eigenvalue weighted by Crippen LogP contribution is -2.61. The van der Waals surface area contributed by atoms with E-state index in [4.69, 9.17) is 0 Å². The SMILES string of the molecule is CC(C)(C)NC(=O)C1C[C@H](SCc2cccnc2)CCN1CC(O)C(Cc1ccccc1)NC(=O)C(NC(=O)c1ccc2ccccc2n1)C(C)(C)C. The molecule has 53 heavy (non-hydrogen) atoms. The van der Waals surface area contributed by atoms with E-state index in [2.05, 4.69) is 36.9 Å². The summed E-state index contributed by atoms with van der Waals surface area (Å²) in [6.07, 6.45) is 4.48. The summed E-state index contributed by atoms with van der Waals surface area (Å²) in [4.78, 5) is 52.3. The van der Waals surface area contributed by atoms with E-state index in [1.807, 2.05) is 126 Å².